The molecule has 4 nitrogen and oxygen atoms in total. The summed E-state index contributed by atoms with van der Waals surface area (Å²) in [6.45, 7) is 0. The summed E-state index contributed by atoms with van der Waals surface area (Å²) in [6.07, 6.45) is 2.54. The van der Waals surface area contributed by atoms with Gasteiger partial charge in [-0.05, 0) is 23.8 Å². The van der Waals surface area contributed by atoms with Gasteiger partial charge in [-0.1, -0.05) is 6.07 Å². The molecule has 1 aromatic rings. The van der Waals surface area contributed by atoms with Gasteiger partial charge in [0, 0.05) is 6.08 Å². The molecule has 0 radical (unpaired) electrons. The van der Waals surface area contributed by atoms with Crippen molar-refractivity contribution in [2.24, 2.45) is 0 Å². The van der Waals surface area contributed by atoms with E-state index < -0.39 is 5.97 Å². The summed E-state index contributed by atoms with van der Waals surface area (Å²) >= 11 is 0. The van der Waals surface area contributed by atoms with Crippen LogP contribution in [-0.2, 0) is 4.79 Å². The minimum absolute atomic E-state index is 0.528. The molecule has 4 heteroatoms. The van der Waals surface area contributed by atoms with Crippen molar-refractivity contribution >= 4 is 17.7 Å². The third kappa shape index (κ3) is 2.52. The first-order chi connectivity index (χ1) is 6.63. The predicted octanol–water partition coefficient (Wildman–Crippen LogP) is 1.38. The van der Waals surface area contributed by atoms with Crippen molar-refractivity contribution in [3.8, 4) is 5.75 Å². The van der Waals surface area contributed by atoms with Gasteiger partial charge in [-0.25, -0.2) is 4.79 Å². The molecule has 1 rings (SSSR count). The molecule has 0 atom stereocenters. The maximum absolute atomic E-state index is 10.3. The SMILES string of the molecule is COc1cc(/C=C/C(=O)O)ccc1N. The highest BCUT2D eigenvalue weighted by Gasteiger charge is 1.98. The number of rotatable bonds is 3. The van der Waals surface area contributed by atoms with E-state index in [0.29, 0.717) is 11.4 Å². The maximum Gasteiger partial charge on any atom is 0.328 e. The molecule has 0 aliphatic heterocycles. The van der Waals surface area contributed by atoms with Crippen LogP contribution in [0.25, 0.3) is 6.08 Å². The van der Waals surface area contributed by atoms with Crippen molar-refractivity contribution in [1.82, 2.24) is 0 Å². The van der Waals surface area contributed by atoms with Crippen molar-refractivity contribution in [1.29, 1.82) is 0 Å². The molecule has 0 aromatic heterocycles. The van der Waals surface area contributed by atoms with Crippen LogP contribution in [0.1, 0.15) is 5.56 Å². The first-order valence-corrected chi connectivity index (χ1v) is 3.98. The molecular formula is C10H11NO3. The normalized spacial score (nSPS) is 10.4. The summed E-state index contributed by atoms with van der Waals surface area (Å²) in [5.74, 6) is -0.446. The summed E-state index contributed by atoms with van der Waals surface area (Å²) in [4.78, 5) is 10.3. The molecule has 0 saturated heterocycles. The number of nitrogen functional groups attached to an aromatic ring is 1. The van der Waals surface area contributed by atoms with E-state index in [1.165, 1.54) is 13.2 Å². The lowest BCUT2D eigenvalue weighted by atomic mass is 10.2. The standard InChI is InChI=1S/C10H11NO3/c1-14-9-6-7(2-4-8(9)11)3-5-10(12)13/h2-6H,11H2,1H3,(H,12,13)/b5-3+. The summed E-state index contributed by atoms with van der Waals surface area (Å²) in [5.41, 5.74) is 6.85. The van der Waals surface area contributed by atoms with Crippen molar-refractivity contribution < 1.29 is 14.6 Å². The Morgan fingerprint density at radius 3 is 2.86 bits per heavy atom. The van der Waals surface area contributed by atoms with Gasteiger partial charge < -0.3 is 15.6 Å². The van der Waals surface area contributed by atoms with Crippen LogP contribution >= 0.6 is 0 Å². The fourth-order valence-electron chi connectivity index (χ4n) is 0.999. The van der Waals surface area contributed by atoms with Crippen molar-refractivity contribution in [3.05, 3.63) is 29.8 Å². The second kappa shape index (κ2) is 4.32. The number of carbonyl (C=O) groups is 1. The van der Waals surface area contributed by atoms with E-state index in [4.69, 9.17) is 15.6 Å². The first kappa shape index (κ1) is 10.1. The number of ether oxygens (including phenoxy) is 1. The second-order valence-electron chi connectivity index (χ2n) is 2.67. The Labute approximate surface area is 81.6 Å². The van der Waals surface area contributed by atoms with Crippen LogP contribution in [0.4, 0.5) is 5.69 Å². The third-order valence-electron chi connectivity index (χ3n) is 1.68. The van der Waals surface area contributed by atoms with Crippen LogP contribution in [0.15, 0.2) is 24.3 Å². The van der Waals surface area contributed by atoms with Crippen LogP contribution in [0.2, 0.25) is 0 Å². The molecule has 14 heavy (non-hydrogen) atoms. The topological polar surface area (TPSA) is 72.5 Å². The number of benzene rings is 1. The highest BCUT2D eigenvalue weighted by Crippen LogP contribution is 2.22. The predicted molar refractivity (Wildman–Crippen MR) is 54.1 cm³/mol. The van der Waals surface area contributed by atoms with Crippen molar-refractivity contribution in [2.45, 2.75) is 0 Å². The van der Waals surface area contributed by atoms with Gasteiger partial charge in [0.15, 0.2) is 0 Å². The minimum atomic E-state index is -0.985. The number of carboxylic acids is 1. The second-order valence-corrected chi connectivity index (χ2v) is 2.67. The fraction of sp³-hybridized carbons (Fsp3) is 0.100. The summed E-state index contributed by atoms with van der Waals surface area (Å²) in [5, 5.41) is 8.41. The number of nitrogens with two attached hydrogens (primary N) is 1. The van der Waals surface area contributed by atoms with E-state index in [-0.39, 0.29) is 0 Å². The summed E-state index contributed by atoms with van der Waals surface area (Å²) < 4.78 is 4.99. The molecule has 0 fully saturated rings. The van der Waals surface area contributed by atoms with Crippen molar-refractivity contribution in [2.75, 3.05) is 12.8 Å². The van der Waals surface area contributed by atoms with Crippen LogP contribution in [0, 0.1) is 0 Å². The number of carboxylic acid groups (broad SMARTS) is 1. The highest BCUT2D eigenvalue weighted by molar-refractivity contribution is 5.85. The highest BCUT2D eigenvalue weighted by atomic mass is 16.5. The quantitative estimate of drug-likeness (QED) is 0.561. The maximum atomic E-state index is 10.3. The first-order valence-electron chi connectivity index (χ1n) is 3.98. The zero-order chi connectivity index (χ0) is 10.6. The van der Waals surface area contributed by atoms with Crippen LogP contribution in [-0.4, -0.2) is 18.2 Å². The summed E-state index contributed by atoms with van der Waals surface area (Å²) in [7, 11) is 1.51. The molecule has 0 saturated carbocycles. The average Bonchev–Trinajstić information content (AvgIpc) is 2.16. The largest absolute Gasteiger partial charge is 0.495 e. The Hall–Kier alpha value is -1.97. The molecule has 1 aromatic carbocycles. The Kier molecular flexibility index (Phi) is 3.12. The van der Waals surface area contributed by atoms with Gasteiger partial charge in [0.1, 0.15) is 5.75 Å². The monoisotopic (exact) mass is 193 g/mol. The Balaban J connectivity index is 2.95. The Morgan fingerprint density at radius 1 is 1.57 bits per heavy atom. The van der Waals surface area contributed by atoms with E-state index in [0.717, 1.165) is 11.6 Å². The molecule has 0 amide bonds. The lowest BCUT2D eigenvalue weighted by Crippen LogP contribution is -1.92. The zero-order valence-corrected chi connectivity index (χ0v) is 7.73. The van der Waals surface area contributed by atoms with E-state index in [1.54, 1.807) is 18.2 Å². The molecule has 0 heterocycles. The molecule has 0 aliphatic rings. The van der Waals surface area contributed by atoms with E-state index in [9.17, 15) is 4.79 Å². The zero-order valence-electron chi connectivity index (χ0n) is 7.73. The molecule has 74 valence electrons. The number of hydrogen-bond acceptors (Lipinski definition) is 3. The minimum Gasteiger partial charge on any atom is -0.495 e. The van der Waals surface area contributed by atoms with Gasteiger partial charge in [0.2, 0.25) is 0 Å². The number of methoxy groups -OCH3 is 1. The molecule has 0 bridgehead atoms. The molecule has 3 N–H and O–H groups in total. The smallest absolute Gasteiger partial charge is 0.328 e. The lowest BCUT2D eigenvalue weighted by molar-refractivity contribution is -0.131. The third-order valence-corrected chi connectivity index (χ3v) is 1.68. The Bertz CT molecular complexity index is 372. The van der Waals surface area contributed by atoms with Gasteiger partial charge in [-0.15, -0.1) is 0 Å². The van der Waals surface area contributed by atoms with Crippen LogP contribution in [0.5, 0.6) is 5.75 Å². The fourth-order valence-corrected chi connectivity index (χ4v) is 0.999. The number of hydrogen-bond donors (Lipinski definition) is 2. The van der Waals surface area contributed by atoms with E-state index in [1.807, 2.05) is 0 Å². The molecular weight excluding hydrogens is 182 g/mol. The van der Waals surface area contributed by atoms with Gasteiger partial charge in [-0.2, -0.15) is 0 Å². The Morgan fingerprint density at radius 2 is 2.29 bits per heavy atom. The van der Waals surface area contributed by atoms with Gasteiger partial charge in [0.05, 0.1) is 12.8 Å². The van der Waals surface area contributed by atoms with Crippen LogP contribution in [0.3, 0.4) is 0 Å². The molecule has 0 unspecified atom stereocenters. The summed E-state index contributed by atoms with van der Waals surface area (Å²) in [6, 6.07) is 5.06. The van der Waals surface area contributed by atoms with E-state index >= 15 is 0 Å². The van der Waals surface area contributed by atoms with Gasteiger partial charge >= 0.3 is 5.97 Å². The van der Waals surface area contributed by atoms with Gasteiger partial charge in [-0.3, -0.25) is 0 Å². The number of aliphatic carboxylic acids is 1. The lowest BCUT2D eigenvalue weighted by Gasteiger charge is -2.04. The molecule has 0 spiro atoms. The van der Waals surface area contributed by atoms with Crippen LogP contribution < -0.4 is 10.5 Å². The molecule has 0 aliphatic carbocycles. The van der Waals surface area contributed by atoms with E-state index in [2.05, 4.69) is 0 Å². The average molecular weight is 193 g/mol. The van der Waals surface area contributed by atoms with Crippen molar-refractivity contribution in [3.63, 3.8) is 0 Å². The number of anilines is 1. The van der Waals surface area contributed by atoms with Gasteiger partial charge in [0.25, 0.3) is 0 Å².